The number of ether oxygens (including phenoxy) is 6. The highest BCUT2D eigenvalue weighted by molar-refractivity contribution is 5.70. The van der Waals surface area contributed by atoms with Gasteiger partial charge in [-0.15, -0.1) is 0 Å². The van der Waals surface area contributed by atoms with Crippen LogP contribution >= 0.6 is 0 Å². The summed E-state index contributed by atoms with van der Waals surface area (Å²) < 4.78 is 33.7. The van der Waals surface area contributed by atoms with Crippen LogP contribution in [-0.2, 0) is 38.0 Å². The van der Waals surface area contributed by atoms with Crippen molar-refractivity contribution in [2.45, 2.75) is 306 Å². The van der Waals surface area contributed by atoms with Gasteiger partial charge in [0.15, 0.2) is 18.7 Å². The van der Waals surface area contributed by atoms with Crippen LogP contribution in [0.2, 0.25) is 0 Å². The predicted octanol–water partition coefficient (Wildman–Crippen LogP) is 10.4. The van der Waals surface area contributed by atoms with Gasteiger partial charge in [-0.2, -0.15) is 0 Å². The van der Waals surface area contributed by atoms with Crippen LogP contribution in [0, 0.1) is 0 Å². The number of aliphatic hydroxyl groups is 7. The van der Waals surface area contributed by atoms with Crippen LogP contribution in [0.15, 0.2) is 36.5 Å². The predicted molar refractivity (Wildman–Crippen MR) is 294 cm³/mol. The lowest BCUT2D eigenvalue weighted by Crippen LogP contribution is -2.61. The van der Waals surface area contributed by atoms with Crippen molar-refractivity contribution < 1.29 is 73.8 Å². The molecule has 0 radical (unpaired) electrons. The van der Waals surface area contributed by atoms with Gasteiger partial charge in [-0.25, -0.2) is 0 Å². The molecule has 0 aromatic rings. The summed E-state index contributed by atoms with van der Waals surface area (Å²) in [5, 5.41) is 72.3. The number of rotatable bonds is 48. The summed E-state index contributed by atoms with van der Waals surface area (Å²) in [5.74, 6) is -0.975. The van der Waals surface area contributed by atoms with Gasteiger partial charge in [0.2, 0.25) is 0 Å². The molecule has 0 spiro atoms. The van der Waals surface area contributed by atoms with E-state index < -0.39 is 99.3 Å². The summed E-state index contributed by atoms with van der Waals surface area (Å²) in [5.41, 5.74) is 0. The zero-order valence-electron chi connectivity index (χ0n) is 46.8. The lowest BCUT2D eigenvalue weighted by Gasteiger charge is -2.42. The third-order valence-corrected chi connectivity index (χ3v) is 14.4. The lowest BCUT2D eigenvalue weighted by molar-refractivity contribution is -0.332. The highest BCUT2D eigenvalue weighted by Crippen LogP contribution is 2.27. The van der Waals surface area contributed by atoms with Gasteiger partial charge in [-0.05, 0) is 44.9 Å². The van der Waals surface area contributed by atoms with Gasteiger partial charge in [0.05, 0.1) is 19.8 Å². The molecule has 0 amide bonds. The minimum absolute atomic E-state index is 0.148. The molecule has 0 aromatic carbocycles. The quantitative estimate of drug-likeness (QED) is 0.0171. The van der Waals surface area contributed by atoms with Crippen molar-refractivity contribution in [3.05, 3.63) is 36.5 Å². The van der Waals surface area contributed by atoms with Gasteiger partial charge >= 0.3 is 11.9 Å². The summed E-state index contributed by atoms with van der Waals surface area (Å²) in [6, 6.07) is 0. The standard InChI is InChI=1S/C60H108O15/c1-3-5-7-9-11-13-15-17-19-21-22-23-24-25-27-29-31-33-35-37-39-41-43-52(63)73-48(45-70-51(62)42-40-38-36-34-32-30-28-26-20-18-16-14-12-10-8-6-4-2)46-71-59-58(69)56(67)54(65)50(75-59)47-72-60-57(68)55(66)53(64)49(44-61)74-60/h18,20,28,30,34,36,48-50,53-61,64-69H,3-17,19,21-27,29,31-33,35,37-47H2,1-2H3/b20-18+,30-28+,36-34+/t48-,49+,50+,53-,54-,55?,56?,57?,58?,59+,60+/m1/s1. The summed E-state index contributed by atoms with van der Waals surface area (Å²) in [6.45, 7) is 2.58. The highest BCUT2D eigenvalue weighted by Gasteiger charge is 2.47. The summed E-state index contributed by atoms with van der Waals surface area (Å²) in [6.07, 6.45) is 36.1. The minimum atomic E-state index is -1.77. The Morgan fingerprint density at radius 2 is 0.813 bits per heavy atom. The average molecular weight is 1070 g/mol. The molecule has 0 aliphatic carbocycles. The van der Waals surface area contributed by atoms with Gasteiger partial charge in [-0.3, -0.25) is 9.59 Å². The minimum Gasteiger partial charge on any atom is -0.462 e. The van der Waals surface area contributed by atoms with Gasteiger partial charge in [-0.1, -0.05) is 217 Å². The number of carbonyl (C=O) groups excluding carboxylic acids is 2. The van der Waals surface area contributed by atoms with Gasteiger partial charge < -0.3 is 64.2 Å². The van der Waals surface area contributed by atoms with Gasteiger partial charge in [0, 0.05) is 12.8 Å². The monoisotopic (exact) mass is 1070 g/mol. The van der Waals surface area contributed by atoms with Crippen molar-refractivity contribution in [2.24, 2.45) is 0 Å². The van der Waals surface area contributed by atoms with Crippen LogP contribution in [-0.4, -0.2) is 142 Å². The summed E-state index contributed by atoms with van der Waals surface area (Å²) in [4.78, 5) is 25.9. The Balaban J connectivity index is 1.75. The molecule has 75 heavy (non-hydrogen) atoms. The molecule has 2 aliphatic rings. The molecule has 2 aliphatic heterocycles. The zero-order chi connectivity index (χ0) is 54.6. The van der Waals surface area contributed by atoms with Crippen LogP contribution < -0.4 is 0 Å². The third-order valence-electron chi connectivity index (χ3n) is 14.4. The van der Waals surface area contributed by atoms with E-state index in [1.165, 1.54) is 154 Å². The van der Waals surface area contributed by atoms with Crippen molar-refractivity contribution in [1.29, 1.82) is 0 Å². The van der Waals surface area contributed by atoms with E-state index in [1.807, 2.05) is 6.08 Å². The first kappa shape index (κ1) is 68.8. The Labute approximate surface area is 453 Å². The maximum absolute atomic E-state index is 13.1. The van der Waals surface area contributed by atoms with Crippen LogP contribution in [0.25, 0.3) is 0 Å². The Kier molecular flexibility index (Phi) is 42.8. The zero-order valence-corrected chi connectivity index (χ0v) is 46.8. The lowest BCUT2D eigenvalue weighted by atomic mass is 9.98. The molecule has 0 aromatic heterocycles. The topological polar surface area (TPSA) is 231 Å². The van der Waals surface area contributed by atoms with E-state index >= 15 is 0 Å². The van der Waals surface area contributed by atoms with Crippen molar-refractivity contribution in [1.82, 2.24) is 0 Å². The number of carbonyl (C=O) groups is 2. The molecule has 0 bridgehead atoms. The highest BCUT2D eigenvalue weighted by atomic mass is 16.7. The van der Waals surface area contributed by atoms with Crippen LogP contribution in [0.4, 0.5) is 0 Å². The molecule has 11 atom stereocenters. The molecule has 4 unspecified atom stereocenters. The van der Waals surface area contributed by atoms with Crippen molar-refractivity contribution in [3.63, 3.8) is 0 Å². The summed E-state index contributed by atoms with van der Waals surface area (Å²) >= 11 is 0. The SMILES string of the molecule is CCCCCCCC/C=C/C/C=C/C/C=C/CCCC(=O)OC[C@H](CO[C@H]1O[C@@H](CO[C@H]2O[C@@H](CO)[C@@H](O)C(O)C2O)[C@@H](O)C(O)C1O)OC(=O)CCCCCCCCCCCCCCCCCCCCCCCC. The molecule has 2 saturated heterocycles. The Bertz CT molecular complexity index is 1440. The fraction of sp³-hybridized carbons (Fsp3) is 0.867. The molecular formula is C60H108O15. The number of hydrogen-bond donors (Lipinski definition) is 7. The summed E-state index contributed by atoms with van der Waals surface area (Å²) in [7, 11) is 0. The molecule has 7 N–H and O–H groups in total. The third kappa shape index (κ3) is 33.7. The maximum atomic E-state index is 13.1. The van der Waals surface area contributed by atoms with Gasteiger partial charge in [0.1, 0.15) is 55.4 Å². The average Bonchev–Trinajstić information content (AvgIpc) is 3.40. The number of allylic oxidation sites excluding steroid dienone is 6. The molecule has 2 heterocycles. The smallest absolute Gasteiger partial charge is 0.306 e. The number of aliphatic hydroxyl groups excluding tert-OH is 7. The molecular weight excluding hydrogens is 961 g/mol. The molecule has 0 saturated carbocycles. The number of hydrogen-bond acceptors (Lipinski definition) is 15. The van der Waals surface area contributed by atoms with Crippen molar-refractivity contribution in [3.8, 4) is 0 Å². The van der Waals surface area contributed by atoms with Crippen molar-refractivity contribution in [2.75, 3.05) is 26.4 Å². The first-order chi connectivity index (χ1) is 36.5. The van der Waals surface area contributed by atoms with Crippen molar-refractivity contribution >= 4 is 11.9 Å². The van der Waals surface area contributed by atoms with E-state index in [0.29, 0.717) is 19.3 Å². The van der Waals surface area contributed by atoms with Gasteiger partial charge in [0.25, 0.3) is 0 Å². The first-order valence-electron chi connectivity index (χ1n) is 30.1. The van der Waals surface area contributed by atoms with E-state index in [0.717, 1.165) is 38.5 Å². The maximum Gasteiger partial charge on any atom is 0.306 e. The molecule has 2 rings (SSSR count). The molecule has 2 fully saturated rings. The molecule has 438 valence electrons. The number of esters is 2. The van der Waals surface area contributed by atoms with Crippen LogP contribution in [0.5, 0.6) is 0 Å². The molecule has 15 nitrogen and oxygen atoms in total. The second kappa shape index (κ2) is 46.6. The van der Waals surface area contributed by atoms with Crippen LogP contribution in [0.1, 0.15) is 239 Å². The normalized spacial score (nSPS) is 24.7. The fourth-order valence-corrected chi connectivity index (χ4v) is 9.47. The Hall–Kier alpha value is -2.28. The first-order valence-corrected chi connectivity index (χ1v) is 30.1. The second-order valence-corrected chi connectivity index (χ2v) is 21.2. The largest absolute Gasteiger partial charge is 0.462 e. The van der Waals surface area contributed by atoms with E-state index in [9.17, 15) is 45.3 Å². The van der Waals surface area contributed by atoms with E-state index in [-0.39, 0.29) is 19.4 Å². The Morgan fingerprint density at radius 1 is 0.427 bits per heavy atom. The van der Waals surface area contributed by atoms with E-state index in [4.69, 9.17) is 28.4 Å². The fourth-order valence-electron chi connectivity index (χ4n) is 9.47. The van der Waals surface area contributed by atoms with Crippen LogP contribution in [0.3, 0.4) is 0 Å². The Morgan fingerprint density at radius 3 is 1.29 bits per heavy atom. The van der Waals surface area contributed by atoms with E-state index in [1.54, 1.807) is 0 Å². The van der Waals surface area contributed by atoms with E-state index in [2.05, 4.69) is 44.2 Å². The molecule has 15 heteroatoms. The second-order valence-electron chi connectivity index (χ2n) is 21.2. The number of unbranched alkanes of at least 4 members (excludes halogenated alkanes) is 28.